The van der Waals surface area contributed by atoms with Crippen LogP contribution in [-0.2, 0) is 10.2 Å². The van der Waals surface area contributed by atoms with Crippen LogP contribution in [-0.4, -0.2) is 43.0 Å². The minimum absolute atomic E-state index is 0.0768. The molecule has 0 aromatic heterocycles. The van der Waals surface area contributed by atoms with Gasteiger partial charge in [0.2, 0.25) is 0 Å². The molecule has 0 aliphatic carbocycles. The van der Waals surface area contributed by atoms with E-state index in [4.69, 9.17) is 4.74 Å². The van der Waals surface area contributed by atoms with Crippen LogP contribution in [0, 0.1) is 5.92 Å². The Hall–Kier alpha value is -1.19. The van der Waals surface area contributed by atoms with E-state index in [0.717, 1.165) is 31.6 Å². The van der Waals surface area contributed by atoms with Crippen LogP contribution < -0.4 is 0 Å². The maximum Gasteiger partial charge on any atom is 0.166 e. The van der Waals surface area contributed by atoms with Gasteiger partial charge in [0.15, 0.2) is 5.78 Å². The number of carbonyl (C=O) groups is 1. The van der Waals surface area contributed by atoms with Gasteiger partial charge < -0.3 is 4.74 Å². The predicted molar refractivity (Wildman–Crippen MR) is 88.4 cm³/mol. The maximum absolute atomic E-state index is 13.0. The van der Waals surface area contributed by atoms with Crippen LogP contribution in [0.25, 0.3) is 0 Å². The summed E-state index contributed by atoms with van der Waals surface area (Å²) in [6.45, 7) is 8.09. The smallest absolute Gasteiger partial charge is 0.166 e. The van der Waals surface area contributed by atoms with Gasteiger partial charge in [0, 0.05) is 23.6 Å². The van der Waals surface area contributed by atoms with Crippen molar-refractivity contribution in [1.29, 1.82) is 0 Å². The number of rotatable bonds is 2. The average Bonchev–Trinajstić information content (AvgIpc) is 2.45. The molecule has 1 aromatic carbocycles. The molecule has 2 unspecified atom stereocenters. The third-order valence-electron chi connectivity index (χ3n) is 5.27. The summed E-state index contributed by atoms with van der Waals surface area (Å²) in [5.74, 6) is 0.460. The molecule has 0 radical (unpaired) electrons. The van der Waals surface area contributed by atoms with Gasteiger partial charge in [-0.2, -0.15) is 0 Å². The quantitative estimate of drug-likeness (QED) is 0.785. The molecule has 3 rings (SSSR count). The van der Waals surface area contributed by atoms with Gasteiger partial charge in [-0.25, -0.2) is 0 Å². The lowest BCUT2D eigenvalue weighted by Gasteiger charge is -2.46. The standard InChI is InChI=1S/C19H27NO2/c1-19(2,3)15-7-5-6-13(8-15)18(21)14-9-16-11-22-12-17(10-14)20(16)4/h5-8,14,16-17H,9-12H2,1-4H3. The number of fused-ring (bicyclic) bond motifs is 2. The summed E-state index contributed by atoms with van der Waals surface area (Å²) in [4.78, 5) is 15.4. The topological polar surface area (TPSA) is 29.5 Å². The van der Waals surface area contributed by atoms with E-state index in [2.05, 4.69) is 44.9 Å². The number of carbonyl (C=O) groups excluding carboxylic acids is 1. The molecule has 0 saturated carbocycles. The van der Waals surface area contributed by atoms with Gasteiger partial charge in [-0.3, -0.25) is 9.69 Å². The fourth-order valence-corrected chi connectivity index (χ4v) is 3.68. The summed E-state index contributed by atoms with van der Waals surface area (Å²) < 4.78 is 5.65. The van der Waals surface area contributed by atoms with Crippen molar-refractivity contribution in [2.75, 3.05) is 20.3 Å². The SMILES string of the molecule is CN1C2COCC1CC(C(=O)c1cccc(C(C)(C)C)c1)C2. The molecule has 2 atom stereocenters. The van der Waals surface area contributed by atoms with Crippen LogP contribution in [0.5, 0.6) is 0 Å². The second-order valence-corrected chi connectivity index (χ2v) is 7.87. The number of hydrogen-bond donors (Lipinski definition) is 0. The largest absolute Gasteiger partial charge is 0.378 e. The van der Waals surface area contributed by atoms with Crippen molar-refractivity contribution in [3.05, 3.63) is 35.4 Å². The number of morpholine rings is 1. The van der Waals surface area contributed by atoms with Gasteiger partial charge in [-0.05, 0) is 36.9 Å². The molecule has 2 aliphatic rings. The minimum atomic E-state index is 0.0768. The first-order chi connectivity index (χ1) is 10.4. The lowest BCUT2D eigenvalue weighted by atomic mass is 9.79. The molecule has 3 nitrogen and oxygen atoms in total. The van der Waals surface area contributed by atoms with Crippen LogP contribution >= 0.6 is 0 Å². The highest BCUT2D eigenvalue weighted by Gasteiger charge is 2.39. The number of Topliss-reactive ketones (excluding diaryl/α,β-unsaturated/α-hetero) is 1. The summed E-state index contributed by atoms with van der Waals surface area (Å²) in [6.07, 6.45) is 1.84. The molecule has 1 aromatic rings. The lowest BCUT2D eigenvalue weighted by Crippen LogP contribution is -2.55. The lowest BCUT2D eigenvalue weighted by molar-refractivity contribution is -0.0702. The molecule has 2 fully saturated rings. The molecule has 0 amide bonds. The first-order valence-corrected chi connectivity index (χ1v) is 8.30. The second-order valence-electron chi connectivity index (χ2n) is 7.87. The fraction of sp³-hybridized carbons (Fsp3) is 0.632. The van der Waals surface area contributed by atoms with Crippen LogP contribution in [0.4, 0.5) is 0 Å². The summed E-state index contributed by atoms with van der Waals surface area (Å²) in [6, 6.07) is 9.00. The third kappa shape index (κ3) is 2.97. The van der Waals surface area contributed by atoms with Crippen molar-refractivity contribution in [3.8, 4) is 0 Å². The number of ether oxygens (including phenoxy) is 1. The van der Waals surface area contributed by atoms with Crippen molar-refractivity contribution in [2.24, 2.45) is 5.92 Å². The van der Waals surface area contributed by atoms with Gasteiger partial charge in [0.05, 0.1) is 13.2 Å². The van der Waals surface area contributed by atoms with E-state index in [1.165, 1.54) is 5.56 Å². The molecule has 3 heteroatoms. The Labute approximate surface area is 133 Å². The van der Waals surface area contributed by atoms with E-state index in [0.29, 0.717) is 17.9 Å². The van der Waals surface area contributed by atoms with Crippen LogP contribution in [0.2, 0.25) is 0 Å². The Morgan fingerprint density at radius 1 is 1.18 bits per heavy atom. The zero-order valence-corrected chi connectivity index (χ0v) is 14.1. The third-order valence-corrected chi connectivity index (χ3v) is 5.27. The zero-order chi connectivity index (χ0) is 15.9. The van der Waals surface area contributed by atoms with E-state index in [1.54, 1.807) is 0 Å². The van der Waals surface area contributed by atoms with E-state index >= 15 is 0 Å². The van der Waals surface area contributed by atoms with E-state index in [-0.39, 0.29) is 11.3 Å². The molecule has 2 aliphatic heterocycles. The highest BCUT2D eigenvalue weighted by molar-refractivity contribution is 5.98. The van der Waals surface area contributed by atoms with Crippen molar-refractivity contribution < 1.29 is 9.53 Å². The number of likely N-dealkylation sites (N-methyl/N-ethyl adjacent to an activating group) is 1. The van der Waals surface area contributed by atoms with E-state index < -0.39 is 0 Å². The highest BCUT2D eigenvalue weighted by Crippen LogP contribution is 2.33. The molecule has 120 valence electrons. The molecule has 2 bridgehead atoms. The average molecular weight is 301 g/mol. The van der Waals surface area contributed by atoms with Crippen molar-refractivity contribution in [3.63, 3.8) is 0 Å². The van der Waals surface area contributed by atoms with Gasteiger partial charge in [-0.15, -0.1) is 0 Å². The maximum atomic E-state index is 13.0. The van der Waals surface area contributed by atoms with Gasteiger partial charge in [0.25, 0.3) is 0 Å². The molecular formula is C19H27NO2. The first kappa shape index (κ1) is 15.7. The number of nitrogens with zero attached hydrogens (tertiary/aromatic N) is 1. The summed E-state index contributed by atoms with van der Waals surface area (Å²) in [5, 5.41) is 0. The number of hydrogen-bond acceptors (Lipinski definition) is 3. The number of ketones is 1. The highest BCUT2D eigenvalue weighted by atomic mass is 16.5. The van der Waals surface area contributed by atoms with Crippen LogP contribution in [0.15, 0.2) is 24.3 Å². The van der Waals surface area contributed by atoms with E-state index in [1.807, 2.05) is 12.1 Å². The molecule has 0 N–H and O–H groups in total. The Balaban J connectivity index is 1.80. The van der Waals surface area contributed by atoms with Crippen molar-refractivity contribution in [1.82, 2.24) is 4.90 Å². The normalized spacial score (nSPS) is 29.4. The molecule has 22 heavy (non-hydrogen) atoms. The molecular weight excluding hydrogens is 274 g/mol. The Kier molecular flexibility index (Phi) is 4.13. The molecule has 2 saturated heterocycles. The van der Waals surface area contributed by atoms with Crippen molar-refractivity contribution >= 4 is 5.78 Å². The minimum Gasteiger partial charge on any atom is -0.378 e. The first-order valence-electron chi connectivity index (χ1n) is 8.30. The van der Waals surface area contributed by atoms with Crippen molar-refractivity contribution in [2.45, 2.75) is 51.1 Å². The monoisotopic (exact) mass is 301 g/mol. The van der Waals surface area contributed by atoms with Gasteiger partial charge in [-0.1, -0.05) is 39.0 Å². The summed E-state index contributed by atoms with van der Waals surface area (Å²) >= 11 is 0. The summed E-state index contributed by atoms with van der Waals surface area (Å²) in [7, 11) is 2.17. The zero-order valence-electron chi connectivity index (χ0n) is 14.1. The Morgan fingerprint density at radius 3 is 2.41 bits per heavy atom. The summed E-state index contributed by atoms with van der Waals surface area (Å²) in [5.41, 5.74) is 2.18. The van der Waals surface area contributed by atoms with E-state index in [9.17, 15) is 4.79 Å². The second kappa shape index (κ2) is 5.78. The van der Waals surface area contributed by atoms with Gasteiger partial charge in [0.1, 0.15) is 0 Å². The fourth-order valence-electron chi connectivity index (χ4n) is 3.68. The Bertz CT molecular complexity index is 547. The molecule has 2 heterocycles. The Morgan fingerprint density at radius 2 is 1.82 bits per heavy atom. The van der Waals surface area contributed by atoms with Gasteiger partial charge >= 0.3 is 0 Å². The molecule has 0 spiro atoms. The number of benzene rings is 1. The van der Waals surface area contributed by atoms with Crippen LogP contribution in [0.3, 0.4) is 0 Å². The number of piperidine rings is 1. The van der Waals surface area contributed by atoms with Crippen LogP contribution in [0.1, 0.15) is 49.5 Å². The predicted octanol–water partition coefficient (Wildman–Crippen LogP) is 3.28.